The van der Waals surface area contributed by atoms with Crippen LogP contribution in [0.5, 0.6) is 0 Å². The van der Waals surface area contributed by atoms with E-state index in [1.807, 2.05) is 0 Å². The van der Waals surface area contributed by atoms with Crippen molar-refractivity contribution in [2.75, 3.05) is 13.2 Å². The fourth-order valence-corrected chi connectivity index (χ4v) is 2.33. The molecule has 1 atom stereocenters. The van der Waals surface area contributed by atoms with Crippen LogP contribution in [0.4, 0.5) is 0 Å². The number of aliphatic hydroxyl groups is 1. The van der Waals surface area contributed by atoms with Gasteiger partial charge in [-0.2, -0.15) is 0 Å². The number of hydrogen-bond acceptors (Lipinski definition) is 2. The Balaban J connectivity index is 2.56. The zero-order valence-electron chi connectivity index (χ0n) is 9.21. The van der Waals surface area contributed by atoms with Crippen LogP contribution in [0.2, 0.25) is 0 Å². The van der Waals surface area contributed by atoms with Crippen molar-refractivity contribution >= 4 is 0 Å². The maximum Gasteiger partial charge on any atom is 0.0445 e. The topological polar surface area (TPSA) is 23.5 Å². The second kappa shape index (κ2) is 4.43. The molecule has 1 N–H and O–H groups in total. The van der Waals surface area contributed by atoms with E-state index in [1.54, 1.807) is 0 Å². The third kappa shape index (κ3) is 2.96. The van der Waals surface area contributed by atoms with Crippen molar-refractivity contribution < 1.29 is 5.11 Å². The van der Waals surface area contributed by atoms with Gasteiger partial charge in [0, 0.05) is 18.2 Å². The minimum atomic E-state index is 0.264. The molecule has 1 saturated heterocycles. The summed E-state index contributed by atoms with van der Waals surface area (Å²) < 4.78 is 0. The SMILES string of the molecule is CC(C)(C)N1CCCC[C@H]1CCO. The normalized spacial score (nSPS) is 26.3. The summed E-state index contributed by atoms with van der Waals surface area (Å²) in [7, 11) is 0. The van der Waals surface area contributed by atoms with Crippen molar-refractivity contribution in [3.8, 4) is 0 Å². The Labute approximate surface area is 81.9 Å². The number of hydrogen-bond donors (Lipinski definition) is 1. The van der Waals surface area contributed by atoms with Gasteiger partial charge in [0.25, 0.3) is 0 Å². The second-order valence-corrected chi connectivity index (χ2v) is 5.03. The van der Waals surface area contributed by atoms with Gasteiger partial charge < -0.3 is 5.11 Å². The average molecular weight is 185 g/mol. The fourth-order valence-electron chi connectivity index (χ4n) is 2.33. The summed E-state index contributed by atoms with van der Waals surface area (Å²) in [4.78, 5) is 2.55. The minimum Gasteiger partial charge on any atom is -0.396 e. The zero-order chi connectivity index (χ0) is 9.90. The van der Waals surface area contributed by atoms with Gasteiger partial charge in [-0.25, -0.2) is 0 Å². The van der Waals surface area contributed by atoms with E-state index < -0.39 is 0 Å². The summed E-state index contributed by atoms with van der Waals surface area (Å²) in [6.45, 7) is 8.33. The Morgan fingerprint density at radius 2 is 2.00 bits per heavy atom. The maximum atomic E-state index is 8.98. The highest BCUT2D eigenvalue weighted by molar-refractivity contribution is 4.85. The highest BCUT2D eigenvalue weighted by Gasteiger charge is 2.30. The molecule has 0 unspecified atom stereocenters. The summed E-state index contributed by atoms with van der Waals surface area (Å²) in [5, 5.41) is 8.98. The van der Waals surface area contributed by atoms with Crippen LogP contribution in [-0.2, 0) is 0 Å². The standard InChI is InChI=1S/C11H23NO/c1-11(2,3)12-8-5-4-6-10(12)7-9-13/h10,13H,4-9H2,1-3H3/t10-/m0/s1. The molecule has 0 aromatic rings. The molecule has 0 aliphatic carbocycles. The average Bonchev–Trinajstić information content (AvgIpc) is 2.04. The van der Waals surface area contributed by atoms with Gasteiger partial charge in [-0.3, -0.25) is 4.90 Å². The molecule has 0 aromatic heterocycles. The molecule has 1 rings (SSSR count). The van der Waals surface area contributed by atoms with E-state index in [4.69, 9.17) is 5.11 Å². The molecule has 0 aromatic carbocycles. The molecule has 2 nitrogen and oxygen atoms in total. The first-order valence-electron chi connectivity index (χ1n) is 5.43. The molecule has 0 amide bonds. The predicted octanol–water partition coefficient (Wildman–Crippen LogP) is 2.02. The van der Waals surface area contributed by atoms with Gasteiger partial charge in [-0.05, 0) is 46.6 Å². The zero-order valence-corrected chi connectivity index (χ0v) is 9.21. The number of rotatable bonds is 2. The number of aliphatic hydroxyl groups excluding tert-OH is 1. The van der Waals surface area contributed by atoms with Crippen LogP contribution >= 0.6 is 0 Å². The van der Waals surface area contributed by atoms with Crippen LogP contribution in [0.3, 0.4) is 0 Å². The minimum absolute atomic E-state index is 0.264. The Kier molecular flexibility index (Phi) is 3.74. The Hall–Kier alpha value is -0.0800. The van der Waals surface area contributed by atoms with Crippen molar-refractivity contribution in [1.82, 2.24) is 4.90 Å². The van der Waals surface area contributed by atoms with E-state index in [9.17, 15) is 0 Å². The molecule has 0 bridgehead atoms. The third-order valence-corrected chi connectivity index (χ3v) is 2.95. The van der Waals surface area contributed by atoms with E-state index in [1.165, 1.54) is 25.8 Å². The van der Waals surface area contributed by atoms with Gasteiger partial charge >= 0.3 is 0 Å². The lowest BCUT2D eigenvalue weighted by Crippen LogP contribution is -2.50. The summed E-state index contributed by atoms with van der Waals surface area (Å²) in [5.41, 5.74) is 0.264. The van der Waals surface area contributed by atoms with E-state index >= 15 is 0 Å². The molecule has 13 heavy (non-hydrogen) atoms. The van der Waals surface area contributed by atoms with E-state index in [2.05, 4.69) is 25.7 Å². The molecule has 78 valence electrons. The lowest BCUT2D eigenvalue weighted by atomic mass is 9.93. The highest BCUT2D eigenvalue weighted by Crippen LogP contribution is 2.26. The van der Waals surface area contributed by atoms with Gasteiger partial charge in [0.1, 0.15) is 0 Å². The van der Waals surface area contributed by atoms with Crippen LogP contribution in [0.1, 0.15) is 46.5 Å². The van der Waals surface area contributed by atoms with E-state index in [-0.39, 0.29) is 5.54 Å². The molecule has 1 heterocycles. The molecular weight excluding hydrogens is 162 g/mol. The highest BCUT2D eigenvalue weighted by atomic mass is 16.3. The smallest absolute Gasteiger partial charge is 0.0445 e. The van der Waals surface area contributed by atoms with Gasteiger partial charge in [-0.1, -0.05) is 6.42 Å². The molecule has 0 spiro atoms. The van der Waals surface area contributed by atoms with Crippen LogP contribution in [0.25, 0.3) is 0 Å². The Bertz CT molecular complexity index is 149. The quantitative estimate of drug-likeness (QED) is 0.711. The second-order valence-electron chi connectivity index (χ2n) is 5.03. The predicted molar refractivity (Wildman–Crippen MR) is 55.8 cm³/mol. The van der Waals surface area contributed by atoms with Gasteiger partial charge in [-0.15, -0.1) is 0 Å². The lowest BCUT2D eigenvalue weighted by molar-refractivity contribution is 0.0383. The van der Waals surface area contributed by atoms with Gasteiger partial charge in [0.2, 0.25) is 0 Å². The summed E-state index contributed by atoms with van der Waals surface area (Å²) in [6.07, 6.45) is 4.85. The van der Waals surface area contributed by atoms with Crippen molar-refractivity contribution in [3.05, 3.63) is 0 Å². The van der Waals surface area contributed by atoms with Crippen LogP contribution in [0.15, 0.2) is 0 Å². The van der Waals surface area contributed by atoms with E-state index in [0.717, 1.165) is 6.42 Å². The van der Waals surface area contributed by atoms with Crippen molar-refractivity contribution in [1.29, 1.82) is 0 Å². The largest absolute Gasteiger partial charge is 0.396 e. The molecule has 1 aliphatic rings. The first-order chi connectivity index (χ1) is 6.05. The van der Waals surface area contributed by atoms with Gasteiger partial charge in [0.15, 0.2) is 0 Å². The Morgan fingerprint density at radius 3 is 2.54 bits per heavy atom. The van der Waals surface area contributed by atoms with Crippen LogP contribution in [0, 0.1) is 0 Å². The van der Waals surface area contributed by atoms with Crippen LogP contribution < -0.4 is 0 Å². The number of piperidine rings is 1. The van der Waals surface area contributed by atoms with Crippen molar-refractivity contribution in [3.63, 3.8) is 0 Å². The molecule has 1 aliphatic heterocycles. The Morgan fingerprint density at radius 1 is 1.31 bits per heavy atom. The summed E-state index contributed by atoms with van der Waals surface area (Å²) >= 11 is 0. The van der Waals surface area contributed by atoms with Crippen molar-refractivity contribution in [2.45, 2.75) is 58.0 Å². The summed E-state index contributed by atoms with van der Waals surface area (Å²) in [6, 6.07) is 0.610. The lowest BCUT2D eigenvalue weighted by Gasteiger charge is -2.44. The fraction of sp³-hybridized carbons (Fsp3) is 1.00. The first kappa shape index (κ1) is 11.0. The van der Waals surface area contributed by atoms with Crippen molar-refractivity contribution in [2.24, 2.45) is 0 Å². The molecule has 0 radical (unpaired) electrons. The number of nitrogens with zero attached hydrogens (tertiary/aromatic N) is 1. The monoisotopic (exact) mass is 185 g/mol. The molecular formula is C11H23NO. The number of likely N-dealkylation sites (tertiary alicyclic amines) is 1. The van der Waals surface area contributed by atoms with E-state index in [0.29, 0.717) is 12.6 Å². The third-order valence-electron chi connectivity index (χ3n) is 2.95. The molecule has 1 fully saturated rings. The molecule has 2 heteroatoms. The maximum absolute atomic E-state index is 8.98. The van der Waals surface area contributed by atoms with Gasteiger partial charge in [0.05, 0.1) is 0 Å². The first-order valence-corrected chi connectivity index (χ1v) is 5.43. The summed E-state index contributed by atoms with van der Waals surface area (Å²) in [5.74, 6) is 0. The van der Waals surface area contributed by atoms with Crippen LogP contribution in [-0.4, -0.2) is 34.7 Å². The molecule has 0 saturated carbocycles.